The van der Waals surface area contributed by atoms with Crippen molar-refractivity contribution < 1.29 is 0 Å². The Hall–Kier alpha value is -1.71. The lowest BCUT2D eigenvalue weighted by Gasteiger charge is -2.03. The molecule has 0 fully saturated rings. The Balaban J connectivity index is 0.000000514. The van der Waals surface area contributed by atoms with Gasteiger partial charge in [0.05, 0.1) is 5.39 Å². The number of hydrogen-bond donors (Lipinski definition) is 1. The summed E-state index contributed by atoms with van der Waals surface area (Å²) < 4.78 is 0. The Morgan fingerprint density at radius 2 is 2.06 bits per heavy atom. The van der Waals surface area contributed by atoms with E-state index in [-0.39, 0.29) is 5.56 Å². The molecule has 0 unspecified atom stereocenters. The SMILES string of the molecule is CC.Cc1nc2ncc3c(c2c(=O)[nH]1)CCC3. The minimum atomic E-state index is -0.0521. The summed E-state index contributed by atoms with van der Waals surface area (Å²) in [6.07, 6.45) is 4.98. The van der Waals surface area contributed by atoms with E-state index in [1.54, 1.807) is 6.92 Å². The van der Waals surface area contributed by atoms with Gasteiger partial charge in [0.25, 0.3) is 5.56 Å². The molecule has 0 amide bonds. The molecule has 0 spiro atoms. The van der Waals surface area contributed by atoms with Crippen molar-refractivity contribution >= 4 is 11.0 Å². The highest BCUT2D eigenvalue weighted by atomic mass is 16.1. The van der Waals surface area contributed by atoms with Crippen molar-refractivity contribution in [2.24, 2.45) is 0 Å². The van der Waals surface area contributed by atoms with Gasteiger partial charge in [0, 0.05) is 6.20 Å². The number of hydrogen-bond acceptors (Lipinski definition) is 3. The molecule has 90 valence electrons. The van der Waals surface area contributed by atoms with Gasteiger partial charge in [-0.2, -0.15) is 0 Å². The Bertz CT molecular complexity index is 601. The summed E-state index contributed by atoms with van der Waals surface area (Å²) in [4.78, 5) is 23.1. The standard InChI is InChI=1S/C11H11N3O.C2H6/c1-6-13-10-9(11(15)14-6)8-4-2-3-7(8)5-12-10;1-2/h5H,2-4H2,1H3,(H,12,13,14,15);1-2H3. The van der Waals surface area contributed by atoms with E-state index < -0.39 is 0 Å². The summed E-state index contributed by atoms with van der Waals surface area (Å²) in [7, 11) is 0. The molecule has 0 aliphatic heterocycles. The van der Waals surface area contributed by atoms with Gasteiger partial charge in [-0.05, 0) is 37.3 Å². The average Bonchev–Trinajstić information content (AvgIpc) is 2.78. The minimum Gasteiger partial charge on any atom is -0.310 e. The molecule has 2 heterocycles. The molecule has 0 aromatic carbocycles. The van der Waals surface area contributed by atoms with E-state index in [4.69, 9.17) is 0 Å². The van der Waals surface area contributed by atoms with E-state index in [1.165, 1.54) is 5.56 Å². The van der Waals surface area contributed by atoms with E-state index in [9.17, 15) is 4.79 Å². The zero-order chi connectivity index (χ0) is 12.4. The second-order valence-electron chi connectivity index (χ2n) is 3.97. The van der Waals surface area contributed by atoms with Crippen LogP contribution in [0.4, 0.5) is 0 Å². The van der Waals surface area contributed by atoms with Crippen LogP contribution >= 0.6 is 0 Å². The van der Waals surface area contributed by atoms with Gasteiger partial charge < -0.3 is 4.98 Å². The van der Waals surface area contributed by atoms with Crippen LogP contribution in [0.25, 0.3) is 11.0 Å². The fraction of sp³-hybridized carbons (Fsp3) is 0.462. The summed E-state index contributed by atoms with van der Waals surface area (Å²) in [5.74, 6) is 0.623. The highest BCUT2D eigenvalue weighted by Crippen LogP contribution is 2.25. The normalized spacial score (nSPS) is 13.1. The summed E-state index contributed by atoms with van der Waals surface area (Å²) in [5.41, 5.74) is 2.88. The van der Waals surface area contributed by atoms with Gasteiger partial charge >= 0.3 is 0 Å². The van der Waals surface area contributed by atoms with Crippen LogP contribution in [0.5, 0.6) is 0 Å². The number of aromatic nitrogens is 3. The molecule has 0 saturated heterocycles. The molecular formula is C13H17N3O. The number of H-pyrrole nitrogens is 1. The van der Waals surface area contributed by atoms with Crippen LogP contribution < -0.4 is 5.56 Å². The summed E-state index contributed by atoms with van der Waals surface area (Å²) in [6, 6.07) is 0. The maximum absolute atomic E-state index is 11.8. The minimum absolute atomic E-state index is 0.0521. The molecule has 0 bridgehead atoms. The summed E-state index contributed by atoms with van der Waals surface area (Å²) >= 11 is 0. The first-order chi connectivity index (χ1) is 8.25. The lowest BCUT2D eigenvalue weighted by molar-refractivity contribution is 0.912. The van der Waals surface area contributed by atoms with Crippen molar-refractivity contribution in [1.29, 1.82) is 0 Å². The topological polar surface area (TPSA) is 58.6 Å². The Labute approximate surface area is 100 Å². The van der Waals surface area contributed by atoms with Gasteiger partial charge in [-0.25, -0.2) is 9.97 Å². The molecule has 1 N–H and O–H groups in total. The Kier molecular flexibility index (Phi) is 3.22. The third-order valence-corrected chi connectivity index (χ3v) is 2.92. The molecule has 17 heavy (non-hydrogen) atoms. The van der Waals surface area contributed by atoms with Crippen molar-refractivity contribution in [3.63, 3.8) is 0 Å². The number of fused-ring (bicyclic) bond motifs is 3. The molecule has 4 nitrogen and oxygen atoms in total. The smallest absolute Gasteiger partial charge is 0.260 e. The third-order valence-electron chi connectivity index (χ3n) is 2.92. The Morgan fingerprint density at radius 3 is 2.82 bits per heavy atom. The number of rotatable bonds is 0. The Morgan fingerprint density at radius 1 is 1.29 bits per heavy atom. The van der Waals surface area contributed by atoms with Crippen LogP contribution in [-0.4, -0.2) is 15.0 Å². The molecule has 2 aromatic heterocycles. The number of nitrogens with zero attached hydrogens (tertiary/aromatic N) is 2. The van der Waals surface area contributed by atoms with Gasteiger partial charge in [0.15, 0.2) is 5.65 Å². The van der Waals surface area contributed by atoms with Crippen LogP contribution in [0.1, 0.15) is 37.2 Å². The quantitative estimate of drug-likeness (QED) is 0.755. The van der Waals surface area contributed by atoms with Crippen molar-refractivity contribution in [3.8, 4) is 0 Å². The molecule has 0 radical (unpaired) electrons. The van der Waals surface area contributed by atoms with E-state index in [0.29, 0.717) is 16.9 Å². The predicted molar refractivity (Wildman–Crippen MR) is 68.3 cm³/mol. The lowest BCUT2D eigenvalue weighted by atomic mass is 10.1. The van der Waals surface area contributed by atoms with Crippen molar-refractivity contribution in [2.75, 3.05) is 0 Å². The fourth-order valence-corrected chi connectivity index (χ4v) is 2.27. The molecule has 3 rings (SSSR count). The first-order valence-electron chi connectivity index (χ1n) is 6.13. The fourth-order valence-electron chi connectivity index (χ4n) is 2.27. The highest BCUT2D eigenvalue weighted by molar-refractivity contribution is 5.79. The zero-order valence-corrected chi connectivity index (χ0v) is 10.5. The van der Waals surface area contributed by atoms with Crippen LogP contribution in [0.2, 0.25) is 0 Å². The molecule has 1 aliphatic rings. The average molecular weight is 231 g/mol. The highest BCUT2D eigenvalue weighted by Gasteiger charge is 2.17. The monoisotopic (exact) mass is 231 g/mol. The van der Waals surface area contributed by atoms with Crippen molar-refractivity contribution in [3.05, 3.63) is 33.5 Å². The number of aryl methyl sites for hydroxylation is 3. The molecule has 1 aliphatic carbocycles. The van der Waals surface area contributed by atoms with E-state index in [1.807, 2.05) is 20.0 Å². The number of nitrogens with one attached hydrogen (secondary N) is 1. The molecule has 4 heteroatoms. The van der Waals surface area contributed by atoms with Gasteiger partial charge in [0.1, 0.15) is 5.82 Å². The number of pyridine rings is 1. The molecule has 0 atom stereocenters. The summed E-state index contributed by atoms with van der Waals surface area (Å²) in [6.45, 7) is 5.77. The second kappa shape index (κ2) is 4.65. The van der Waals surface area contributed by atoms with Crippen LogP contribution in [0.3, 0.4) is 0 Å². The van der Waals surface area contributed by atoms with E-state index in [2.05, 4.69) is 15.0 Å². The maximum atomic E-state index is 11.8. The predicted octanol–water partition coefficient (Wildman–Crippen LogP) is 2.14. The van der Waals surface area contributed by atoms with E-state index >= 15 is 0 Å². The van der Waals surface area contributed by atoms with Gasteiger partial charge in [-0.1, -0.05) is 13.8 Å². The largest absolute Gasteiger partial charge is 0.310 e. The van der Waals surface area contributed by atoms with Crippen molar-refractivity contribution in [1.82, 2.24) is 15.0 Å². The zero-order valence-electron chi connectivity index (χ0n) is 10.5. The van der Waals surface area contributed by atoms with Crippen molar-refractivity contribution in [2.45, 2.75) is 40.0 Å². The third kappa shape index (κ3) is 1.95. The maximum Gasteiger partial charge on any atom is 0.260 e. The van der Waals surface area contributed by atoms with Crippen LogP contribution in [0, 0.1) is 6.92 Å². The first kappa shape index (κ1) is 11.8. The summed E-state index contributed by atoms with van der Waals surface area (Å²) in [5, 5.41) is 0.690. The van der Waals surface area contributed by atoms with E-state index in [0.717, 1.165) is 24.8 Å². The van der Waals surface area contributed by atoms with Gasteiger partial charge in [0.2, 0.25) is 0 Å². The molecule has 2 aromatic rings. The first-order valence-corrected chi connectivity index (χ1v) is 6.13. The number of aromatic amines is 1. The molecule has 0 saturated carbocycles. The lowest BCUT2D eigenvalue weighted by Crippen LogP contribution is -2.12. The van der Waals surface area contributed by atoms with Crippen LogP contribution in [0.15, 0.2) is 11.0 Å². The van der Waals surface area contributed by atoms with Crippen LogP contribution in [-0.2, 0) is 12.8 Å². The van der Waals surface area contributed by atoms with Gasteiger partial charge in [-0.15, -0.1) is 0 Å². The second-order valence-corrected chi connectivity index (χ2v) is 3.97. The molecular weight excluding hydrogens is 214 g/mol. The van der Waals surface area contributed by atoms with Gasteiger partial charge in [-0.3, -0.25) is 4.79 Å².